The summed E-state index contributed by atoms with van der Waals surface area (Å²) < 4.78 is 0. The van der Waals surface area contributed by atoms with Gasteiger partial charge in [0.25, 0.3) is 0 Å². The van der Waals surface area contributed by atoms with Crippen LogP contribution in [-0.4, -0.2) is 11.8 Å². The van der Waals surface area contributed by atoms with Gasteiger partial charge in [-0.1, -0.05) is 48.0 Å². The molecule has 2 heterocycles. The van der Waals surface area contributed by atoms with Crippen LogP contribution in [-0.2, 0) is 5.54 Å². The van der Waals surface area contributed by atoms with Crippen LogP contribution in [0.5, 0.6) is 0 Å². The van der Waals surface area contributed by atoms with E-state index in [9.17, 15) is 0 Å². The fraction of sp³-hybridized carbons (Fsp3) is 0.333. The molecule has 1 saturated heterocycles. The predicted molar refractivity (Wildman–Crippen MR) is 122 cm³/mol. The zero-order chi connectivity index (χ0) is 19.0. The first kappa shape index (κ1) is 18.7. The van der Waals surface area contributed by atoms with Crippen molar-refractivity contribution >= 4 is 34.7 Å². The van der Waals surface area contributed by atoms with Gasteiger partial charge in [0, 0.05) is 16.7 Å². The highest BCUT2D eigenvalue weighted by Crippen LogP contribution is 2.44. The van der Waals surface area contributed by atoms with Crippen molar-refractivity contribution in [2.24, 2.45) is 0 Å². The summed E-state index contributed by atoms with van der Waals surface area (Å²) in [7, 11) is 0. The van der Waals surface area contributed by atoms with Gasteiger partial charge in [-0.3, -0.25) is 0 Å². The van der Waals surface area contributed by atoms with E-state index >= 15 is 0 Å². The summed E-state index contributed by atoms with van der Waals surface area (Å²) >= 11 is 10.1. The SMILES string of the molecule is Clc1ccccc1SC1CCC(c2ccc(C3CC3)cc2)(c2ccsc2)NC1. The van der Waals surface area contributed by atoms with Crippen LogP contribution in [0, 0.1) is 0 Å². The highest BCUT2D eigenvalue weighted by Gasteiger charge is 2.39. The van der Waals surface area contributed by atoms with Gasteiger partial charge in [0.05, 0.1) is 10.6 Å². The van der Waals surface area contributed by atoms with Crippen molar-refractivity contribution in [1.29, 1.82) is 0 Å². The first-order valence-corrected chi connectivity index (χ1v) is 12.2. The molecule has 4 heteroatoms. The first-order chi connectivity index (χ1) is 13.7. The van der Waals surface area contributed by atoms with E-state index in [4.69, 9.17) is 11.6 Å². The lowest BCUT2D eigenvalue weighted by molar-refractivity contribution is 0.317. The van der Waals surface area contributed by atoms with Gasteiger partial charge >= 0.3 is 0 Å². The van der Waals surface area contributed by atoms with Crippen LogP contribution in [0.4, 0.5) is 0 Å². The predicted octanol–water partition coefficient (Wildman–Crippen LogP) is 7.07. The third-order valence-corrected chi connectivity index (χ3v) is 8.54. The van der Waals surface area contributed by atoms with Crippen molar-refractivity contribution in [3.8, 4) is 0 Å². The smallest absolute Gasteiger partial charge is 0.0699 e. The zero-order valence-electron chi connectivity index (χ0n) is 15.7. The summed E-state index contributed by atoms with van der Waals surface area (Å²) in [6, 6.07) is 19.9. The molecule has 2 atom stereocenters. The standard InChI is InChI=1S/C24H24ClNS2/c25-22-3-1-2-4-23(22)28-21-11-13-24(26-15-21,20-12-14-27-16-20)19-9-7-18(8-10-19)17-5-6-17/h1-4,7-10,12,14,16-17,21,26H,5-6,11,13,15H2. The molecule has 2 fully saturated rings. The Morgan fingerprint density at radius 3 is 2.43 bits per heavy atom. The minimum absolute atomic E-state index is 0.0698. The summed E-state index contributed by atoms with van der Waals surface area (Å²) in [6.45, 7) is 0.982. The van der Waals surface area contributed by atoms with Crippen molar-refractivity contribution in [2.45, 2.75) is 47.3 Å². The van der Waals surface area contributed by atoms with Crippen molar-refractivity contribution < 1.29 is 0 Å². The second-order valence-corrected chi connectivity index (χ2v) is 10.4. The Balaban J connectivity index is 1.38. The van der Waals surface area contributed by atoms with Crippen LogP contribution in [0.3, 0.4) is 0 Å². The van der Waals surface area contributed by atoms with Gasteiger partial charge in [-0.15, -0.1) is 11.8 Å². The van der Waals surface area contributed by atoms with Gasteiger partial charge in [-0.2, -0.15) is 11.3 Å². The summed E-state index contributed by atoms with van der Waals surface area (Å²) in [6.07, 6.45) is 4.99. The monoisotopic (exact) mass is 425 g/mol. The van der Waals surface area contributed by atoms with Crippen LogP contribution in [0.15, 0.2) is 70.3 Å². The fourth-order valence-corrected chi connectivity index (χ4v) is 6.40. The molecule has 2 aliphatic rings. The highest BCUT2D eigenvalue weighted by molar-refractivity contribution is 8.00. The molecular weight excluding hydrogens is 402 g/mol. The molecule has 144 valence electrons. The maximum Gasteiger partial charge on any atom is 0.0699 e. The second-order valence-electron chi connectivity index (χ2n) is 7.90. The first-order valence-electron chi connectivity index (χ1n) is 10.0. The van der Waals surface area contributed by atoms with Crippen molar-refractivity contribution in [3.63, 3.8) is 0 Å². The number of benzene rings is 2. The third kappa shape index (κ3) is 3.66. The van der Waals surface area contributed by atoms with E-state index in [2.05, 4.69) is 58.5 Å². The average Bonchev–Trinajstić information content (AvgIpc) is 3.44. The lowest BCUT2D eigenvalue weighted by atomic mass is 9.77. The molecule has 28 heavy (non-hydrogen) atoms. The molecule has 5 rings (SSSR count). The summed E-state index contributed by atoms with van der Waals surface area (Å²) in [5, 5.41) is 9.85. The molecule has 1 saturated carbocycles. The highest BCUT2D eigenvalue weighted by atomic mass is 35.5. The minimum Gasteiger partial charge on any atom is -0.303 e. The lowest BCUT2D eigenvalue weighted by Crippen LogP contribution is -2.50. The van der Waals surface area contributed by atoms with Gasteiger partial charge in [0.1, 0.15) is 0 Å². The Bertz CT molecular complexity index is 924. The molecule has 2 unspecified atom stereocenters. The van der Waals surface area contributed by atoms with Crippen LogP contribution in [0.25, 0.3) is 0 Å². The Hall–Kier alpha value is -1.26. The van der Waals surface area contributed by atoms with E-state index in [1.807, 2.05) is 23.9 Å². The molecule has 1 aromatic heterocycles. The molecule has 0 bridgehead atoms. The Morgan fingerprint density at radius 1 is 0.964 bits per heavy atom. The lowest BCUT2D eigenvalue weighted by Gasteiger charge is -2.42. The fourth-order valence-electron chi connectivity index (χ4n) is 4.30. The van der Waals surface area contributed by atoms with Crippen LogP contribution in [0.2, 0.25) is 5.02 Å². The quantitative estimate of drug-likeness (QED) is 0.469. The number of thiophene rings is 1. The Labute approximate surface area is 180 Å². The number of piperidine rings is 1. The molecule has 2 aromatic carbocycles. The Kier molecular flexibility index (Phi) is 5.27. The number of hydrogen-bond acceptors (Lipinski definition) is 3. The van der Waals surface area contributed by atoms with E-state index in [-0.39, 0.29) is 5.54 Å². The molecule has 1 nitrogen and oxygen atoms in total. The molecule has 0 spiro atoms. The van der Waals surface area contributed by atoms with E-state index in [0.717, 1.165) is 23.9 Å². The normalized spacial score (nSPS) is 25.0. The molecule has 1 aliphatic carbocycles. The maximum atomic E-state index is 6.38. The van der Waals surface area contributed by atoms with Crippen molar-refractivity contribution in [3.05, 3.63) is 87.1 Å². The largest absolute Gasteiger partial charge is 0.303 e. The number of thioether (sulfide) groups is 1. The zero-order valence-corrected chi connectivity index (χ0v) is 18.1. The van der Waals surface area contributed by atoms with Crippen LogP contribution < -0.4 is 5.32 Å². The summed E-state index contributed by atoms with van der Waals surface area (Å²) in [5.41, 5.74) is 4.24. The van der Waals surface area contributed by atoms with Gasteiger partial charge < -0.3 is 5.32 Å². The van der Waals surface area contributed by atoms with Crippen LogP contribution in [0.1, 0.15) is 48.3 Å². The van der Waals surface area contributed by atoms with Crippen molar-refractivity contribution in [1.82, 2.24) is 5.32 Å². The molecule has 0 amide bonds. The minimum atomic E-state index is -0.0698. The number of rotatable bonds is 5. The number of nitrogens with one attached hydrogen (secondary N) is 1. The van der Waals surface area contributed by atoms with Gasteiger partial charge in [-0.25, -0.2) is 0 Å². The molecule has 1 aliphatic heterocycles. The van der Waals surface area contributed by atoms with Gasteiger partial charge in [0.15, 0.2) is 0 Å². The average molecular weight is 426 g/mol. The van der Waals surface area contributed by atoms with E-state index < -0.39 is 0 Å². The third-order valence-electron chi connectivity index (χ3n) is 6.07. The van der Waals surface area contributed by atoms with E-state index in [0.29, 0.717) is 5.25 Å². The topological polar surface area (TPSA) is 12.0 Å². The van der Waals surface area contributed by atoms with Crippen LogP contribution >= 0.6 is 34.7 Å². The maximum absolute atomic E-state index is 6.38. The Morgan fingerprint density at radius 2 is 1.79 bits per heavy atom. The summed E-state index contributed by atoms with van der Waals surface area (Å²) in [5.74, 6) is 0.807. The van der Waals surface area contributed by atoms with E-state index in [1.165, 1.54) is 40.8 Å². The van der Waals surface area contributed by atoms with Gasteiger partial charge in [-0.05, 0) is 77.3 Å². The van der Waals surface area contributed by atoms with Gasteiger partial charge in [0.2, 0.25) is 0 Å². The number of hydrogen-bond donors (Lipinski definition) is 1. The second kappa shape index (κ2) is 7.87. The van der Waals surface area contributed by atoms with Crippen molar-refractivity contribution in [2.75, 3.05) is 6.54 Å². The molecule has 1 N–H and O–H groups in total. The number of halogens is 1. The molecular formula is C24H24ClNS2. The molecule has 0 radical (unpaired) electrons. The molecule has 3 aromatic rings. The summed E-state index contributed by atoms with van der Waals surface area (Å²) in [4.78, 5) is 1.19. The van der Waals surface area contributed by atoms with E-state index in [1.54, 1.807) is 11.3 Å².